The Hall–Kier alpha value is -0.900. The van der Waals surface area contributed by atoms with E-state index in [-0.39, 0.29) is 6.04 Å². The lowest BCUT2D eigenvalue weighted by Crippen LogP contribution is -2.23. The third kappa shape index (κ3) is 3.53. The molecule has 17 heavy (non-hydrogen) atoms. The molecule has 1 atom stereocenters. The van der Waals surface area contributed by atoms with E-state index in [0.29, 0.717) is 5.02 Å². The van der Waals surface area contributed by atoms with E-state index in [2.05, 4.69) is 34.7 Å². The Labute approximate surface area is 111 Å². The van der Waals surface area contributed by atoms with E-state index in [1.54, 1.807) is 17.5 Å². The molecule has 0 aliphatic heterocycles. The second-order valence-electron chi connectivity index (χ2n) is 3.80. The molecule has 2 aromatic rings. The Kier molecular flexibility index (Phi) is 4.54. The van der Waals surface area contributed by atoms with Gasteiger partial charge in [0, 0.05) is 17.5 Å². The highest BCUT2D eigenvalue weighted by Gasteiger charge is 2.12. The topological polar surface area (TPSA) is 24.9 Å². The number of hydrogen-bond acceptors (Lipinski definition) is 3. The van der Waals surface area contributed by atoms with Crippen molar-refractivity contribution in [2.45, 2.75) is 19.4 Å². The third-order valence-electron chi connectivity index (χ3n) is 2.54. The molecule has 1 N–H and O–H groups in total. The van der Waals surface area contributed by atoms with Gasteiger partial charge in [-0.1, -0.05) is 24.6 Å². The van der Waals surface area contributed by atoms with Gasteiger partial charge in [0.1, 0.15) is 0 Å². The summed E-state index contributed by atoms with van der Waals surface area (Å²) in [6.07, 6.45) is 2.68. The standard InChI is InChI=1S/C13H15ClN2S/c1-2-15-13(8-11-4-3-7-17-11)12-6-5-10(14)9-16-12/h3-7,9,13,15H,2,8H2,1H3. The molecule has 0 radical (unpaired) electrons. The highest BCUT2D eigenvalue weighted by molar-refractivity contribution is 7.09. The number of nitrogens with one attached hydrogen (secondary N) is 1. The van der Waals surface area contributed by atoms with E-state index >= 15 is 0 Å². The SMILES string of the molecule is CCNC(Cc1cccs1)c1ccc(Cl)cn1. The maximum atomic E-state index is 5.86. The fourth-order valence-electron chi connectivity index (χ4n) is 1.75. The molecule has 0 bridgehead atoms. The number of pyridine rings is 1. The summed E-state index contributed by atoms with van der Waals surface area (Å²) in [4.78, 5) is 5.76. The van der Waals surface area contributed by atoms with Crippen LogP contribution in [0.4, 0.5) is 0 Å². The van der Waals surface area contributed by atoms with Gasteiger partial charge in [-0.15, -0.1) is 11.3 Å². The van der Waals surface area contributed by atoms with E-state index in [1.165, 1.54) is 4.88 Å². The molecule has 0 spiro atoms. The van der Waals surface area contributed by atoms with Gasteiger partial charge in [-0.05, 0) is 30.1 Å². The van der Waals surface area contributed by atoms with Gasteiger partial charge in [0.05, 0.1) is 16.8 Å². The maximum Gasteiger partial charge on any atom is 0.0589 e. The highest BCUT2D eigenvalue weighted by atomic mass is 35.5. The van der Waals surface area contributed by atoms with Crippen LogP contribution in [0, 0.1) is 0 Å². The minimum Gasteiger partial charge on any atom is -0.309 e. The van der Waals surface area contributed by atoms with Crippen LogP contribution in [-0.4, -0.2) is 11.5 Å². The molecular formula is C13H15ClN2S. The van der Waals surface area contributed by atoms with Crippen molar-refractivity contribution in [3.05, 3.63) is 51.4 Å². The van der Waals surface area contributed by atoms with E-state index in [0.717, 1.165) is 18.7 Å². The molecule has 90 valence electrons. The summed E-state index contributed by atoms with van der Waals surface area (Å²) in [5.74, 6) is 0. The minimum absolute atomic E-state index is 0.260. The first-order valence-corrected chi connectivity index (χ1v) is 6.92. The summed E-state index contributed by atoms with van der Waals surface area (Å²) < 4.78 is 0. The second-order valence-corrected chi connectivity index (χ2v) is 5.26. The average Bonchev–Trinajstić information content (AvgIpc) is 2.82. The average molecular weight is 267 g/mol. The molecule has 0 fully saturated rings. The number of aromatic nitrogens is 1. The Morgan fingerprint density at radius 3 is 2.88 bits per heavy atom. The molecule has 2 nitrogen and oxygen atoms in total. The summed E-state index contributed by atoms with van der Waals surface area (Å²) in [5, 5.41) is 6.24. The number of likely N-dealkylation sites (N-methyl/N-ethyl adjacent to an activating group) is 1. The number of rotatable bonds is 5. The highest BCUT2D eigenvalue weighted by Crippen LogP contribution is 2.20. The smallest absolute Gasteiger partial charge is 0.0589 e. The molecule has 0 amide bonds. The van der Waals surface area contributed by atoms with Crippen LogP contribution in [0.15, 0.2) is 35.8 Å². The molecule has 0 aromatic carbocycles. The van der Waals surface area contributed by atoms with Gasteiger partial charge >= 0.3 is 0 Å². The van der Waals surface area contributed by atoms with Crippen LogP contribution in [0.3, 0.4) is 0 Å². The van der Waals surface area contributed by atoms with Crippen LogP contribution < -0.4 is 5.32 Å². The van der Waals surface area contributed by atoms with Gasteiger partial charge in [0.15, 0.2) is 0 Å². The van der Waals surface area contributed by atoms with Crippen molar-refractivity contribution in [1.82, 2.24) is 10.3 Å². The quantitative estimate of drug-likeness (QED) is 0.893. The van der Waals surface area contributed by atoms with Crippen molar-refractivity contribution in [3.8, 4) is 0 Å². The van der Waals surface area contributed by atoms with Crippen molar-refractivity contribution in [2.24, 2.45) is 0 Å². The lowest BCUT2D eigenvalue weighted by Gasteiger charge is -2.16. The monoisotopic (exact) mass is 266 g/mol. The molecule has 0 saturated carbocycles. The van der Waals surface area contributed by atoms with E-state index in [1.807, 2.05) is 12.1 Å². The van der Waals surface area contributed by atoms with Crippen molar-refractivity contribution in [2.75, 3.05) is 6.54 Å². The van der Waals surface area contributed by atoms with Crippen LogP contribution in [0.25, 0.3) is 0 Å². The van der Waals surface area contributed by atoms with Gasteiger partial charge in [-0.25, -0.2) is 0 Å². The molecule has 0 aliphatic rings. The molecule has 0 saturated heterocycles. The molecule has 1 unspecified atom stereocenters. The zero-order valence-electron chi connectivity index (χ0n) is 9.69. The fourth-order valence-corrected chi connectivity index (χ4v) is 2.61. The molecule has 0 aliphatic carbocycles. The first kappa shape index (κ1) is 12.6. The Morgan fingerprint density at radius 2 is 2.29 bits per heavy atom. The number of thiophene rings is 1. The predicted octanol–water partition coefficient (Wildman–Crippen LogP) is 3.69. The van der Waals surface area contributed by atoms with Gasteiger partial charge in [0.25, 0.3) is 0 Å². The molecule has 2 aromatic heterocycles. The maximum absolute atomic E-state index is 5.86. The first-order chi connectivity index (χ1) is 8.29. The summed E-state index contributed by atoms with van der Waals surface area (Å²) in [6, 6.07) is 8.38. The largest absolute Gasteiger partial charge is 0.309 e. The lowest BCUT2D eigenvalue weighted by atomic mass is 10.1. The molecular weight excluding hydrogens is 252 g/mol. The van der Waals surface area contributed by atoms with Crippen molar-refractivity contribution < 1.29 is 0 Å². The Bertz CT molecular complexity index is 439. The summed E-state index contributed by atoms with van der Waals surface area (Å²) in [6.45, 7) is 3.04. The molecule has 4 heteroatoms. The Morgan fingerprint density at radius 1 is 1.41 bits per heavy atom. The first-order valence-electron chi connectivity index (χ1n) is 5.67. The van der Waals surface area contributed by atoms with Crippen molar-refractivity contribution in [1.29, 1.82) is 0 Å². The van der Waals surface area contributed by atoms with E-state index < -0.39 is 0 Å². The summed E-state index contributed by atoms with van der Waals surface area (Å²) in [5.41, 5.74) is 1.05. The van der Waals surface area contributed by atoms with Crippen molar-refractivity contribution in [3.63, 3.8) is 0 Å². The van der Waals surface area contributed by atoms with Crippen LogP contribution in [0.1, 0.15) is 23.5 Å². The minimum atomic E-state index is 0.260. The summed E-state index contributed by atoms with van der Waals surface area (Å²) >= 11 is 7.64. The normalized spacial score (nSPS) is 12.6. The Balaban J connectivity index is 2.13. The zero-order valence-corrected chi connectivity index (χ0v) is 11.3. The van der Waals surface area contributed by atoms with Gasteiger partial charge in [0.2, 0.25) is 0 Å². The third-order valence-corrected chi connectivity index (χ3v) is 3.67. The lowest BCUT2D eigenvalue weighted by molar-refractivity contribution is 0.540. The van der Waals surface area contributed by atoms with Gasteiger partial charge in [-0.3, -0.25) is 4.98 Å². The second kappa shape index (κ2) is 6.15. The van der Waals surface area contributed by atoms with E-state index in [9.17, 15) is 0 Å². The van der Waals surface area contributed by atoms with Gasteiger partial charge < -0.3 is 5.32 Å². The zero-order chi connectivity index (χ0) is 12.1. The van der Waals surface area contributed by atoms with Crippen molar-refractivity contribution >= 4 is 22.9 Å². The van der Waals surface area contributed by atoms with Crippen LogP contribution in [0.2, 0.25) is 5.02 Å². The van der Waals surface area contributed by atoms with E-state index in [4.69, 9.17) is 11.6 Å². The molecule has 2 heterocycles. The van der Waals surface area contributed by atoms with Crippen LogP contribution in [0.5, 0.6) is 0 Å². The number of nitrogens with zero attached hydrogens (tertiary/aromatic N) is 1. The fraction of sp³-hybridized carbons (Fsp3) is 0.308. The number of halogens is 1. The predicted molar refractivity (Wildman–Crippen MR) is 73.7 cm³/mol. The van der Waals surface area contributed by atoms with Gasteiger partial charge in [-0.2, -0.15) is 0 Å². The van der Waals surface area contributed by atoms with Crippen LogP contribution in [-0.2, 0) is 6.42 Å². The van der Waals surface area contributed by atoms with Crippen LogP contribution >= 0.6 is 22.9 Å². The molecule has 2 rings (SSSR count). The number of hydrogen-bond donors (Lipinski definition) is 1. The summed E-state index contributed by atoms with van der Waals surface area (Å²) in [7, 11) is 0.